The van der Waals surface area contributed by atoms with Crippen LogP contribution in [-0.2, 0) is 29.2 Å². The van der Waals surface area contributed by atoms with Crippen LogP contribution in [0.1, 0.15) is 39.0 Å². The van der Waals surface area contributed by atoms with Gasteiger partial charge in [-0.3, -0.25) is 19.2 Å². The molecule has 0 radical (unpaired) electrons. The number of carbonyl (C=O) groups is 4. The number of hydrogen-bond acceptors (Lipinski definition) is 9. The summed E-state index contributed by atoms with van der Waals surface area (Å²) in [5.74, 6) is -1.58. The van der Waals surface area contributed by atoms with Crippen molar-refractivity contribution in [3.8, 4) is 22.8 Å². The smallest absolute Gasteiger partial charge is 0.266 e. The highest BCUT2D eigenvalue weighted by Gasteiger charge is 2.61. The van der Waals surface area contributed by atoms with E-state index in [2.05, 4.69) is 15.4 Å². The number of anilines is 1. The van der Waals surface area contributed by atoms with Crippen molar-refractivity contribution in [1.29, 1.82) is 0 Å². The fraction of sp³-hybridized carbons (Fsp3) is 0.308. The zero-order chi connectivity index (χ0) is 37.3. The van der Waals surface area contributed by atoms with Gasteiger partial charge in [-0.25, -0.2) is 18.1 Å². The highest BCUT2D eigenvalue weighted by molar-refractivity contribution is 7.90. The summed E-state index contributed by atoms with van der Waals surface area (Å²) in [6, 6.07) is 21.7. The molecule has 3 aliphatic rings. The molecule has 0 spiro atoms. The number of aromatic nitrogens is 1. The molecule has 274 valence electrons. The van der Waals surface area contributed by atoms with E-state index in [4.69, 9.17) is 14.5 Å². The molecule has 4 amide bonds. The van der Waals surface area contributed by atoms with E-state index in [1.807, 2.05) is 54.6 Å². The monoisotopic (exact) mass is 737 g/mol. The van der Waals surface area contributed by atoms with Crippen LogP contribution in [-0.4, -0.2) is 73.3 Å². The first-order valence-electron chi connectivity index (χ1n) is 17.4. The minimum absolute atomic E-state index is 0.0435. The van der Waals surface area contributed by atoms with Gasteiger partial charge in [-0.05, 0) is 43.5 Å². The van der Waals surface area contributed by atoms with Gasteiger partial charge in [0.15, 0.2) is 0 Å². The molecule has 1 saturated carbocycles. The number of likely N-dealkylation sites (tertiary alicyclic amines) is 1. The highest BCUT2D eigenvalue weighted by Crippen LogP contribution is 2.46. The number of fused-ring (bicyclic) bond motifs is 3. The topological polar surface area (TPSA) is 173 Å². The molecule has 14 heteroatoms. The molecule has 4 atom stereocenters. The Morgan fingerprint density at radius 2 is 1.79 bits per heavy atom. The predicted octanol–water partition coefficient (Wildman–Crippen LogP) is 4.34. The van der Waals surface area contributed by atoms with Gasteiger partial charge in [0.1, 0.15) is 34.1 Å². The Bertz CT molecular complexity index is 2250. The molecule has 3 N–H and O–H groups in total. The Labute approximate surface area is 306 Å². The van der Waals surface area contributed by atoms with E-state index < -0.39 is 45.4 Å². The number of methoxy groups -OCH3 is 1. The Balaban J connectivity index is 1.15. The summed E-state index contributed by atoms with van der Waals surface area (Å²) in [6.45, 7) is 1.47. The van der Waals surface area contributed by atoms with Crippen molar-refractivity contribution >= 4 is 50.2 Å². The van der Waals surface area contributed by atoms with E-state index >= 15 is 0 Å². The number of pyridine rings is 1. The summed E-state index contributed by atoms with van der Waals surface area (Å²) in [6.07, 6.45) is 4.47. The van der Waals surface area contributed by atoms with E-state index in [1.165, 1.54) is 30.0 Å². The number of amides is 4. The maximum Gasteiger partial charge on any atom is 0.266 e. The Hall–Kier alpha value is -5.76. The van der Waals surface area contributed by atoms with Crippen LogP contribution in [0.3, 0.4) is 0 Å². The number of para-hydroxylation sites is 1. The second kappa shape index (κ2) is 14.3. The van der Waals surface area contributed by atoms with Crippen LogP contribution in [0, 0.1) is 5.92 Å². The van der Waals surface area contributed by atoms with Crippen LogP contribution in [0.4, 0.5) is 5.69 Å². The maximum atomic E-state index is 14.1. The molecule has 4 aromatic rings. The van der Waals surface area contributed by atoms with Crippen LogP contribution >= 0.6 is 0 Å². The molecule has 3 heterocycles. The Morgan fingerprint density at radius 3 is 2.57 bits per heavy atom. The lowest BCUT2D eigenvalue weighted by molar-refractivity contribution is -0.138. The van der Waals surface area contributed by atoms with E-state index in [0.717, 1.165) is 10.9 Å². The van der Waals surface area contributed by atoms with Gasteiger partial charge in [0, 0.05) is 48.8 Å². The Morgan fingerprint density at radius 1 is 1.02 bits per heavy atom. The van der Waals surface area contributed by atoms with E-state index in [9.17, 15) is 27.6 Å². The number of rotatable bonds is 6. The minimum Gasteiger partial charge on any atom is -0.497 e. The lowest BCUT2D eigenvalue weighted by atomic mass is 10.1. The second-order valence-electron chi connectivity index (χ2n) is 13.5. The van der Waals surface area contributed by atoms with Crippen molar-refractivity contribution in [2.45, 2.75) is 61.6 Å². The molecule has 1 saturated heterocycles. The molecule has 7 rings (SSSR count). The first kappa shape index (κ1) is 35.6. The molecule has 1 aromatic heterocycles. The standard InChI is InChI=1S/C39H39N5O8S/c1-24(45)44-23-28(52-34-21-31(25-11-5-3-6-12-25)40-32-19-27(51-2)17-18-29(32)34)20-33(44)37(47)42-39-22-26(39)13-7-4-8-16-36(46)41-30-14-9-10-15-35(30)53(49,50)43-38(39)48/h3,5-7,9-15,17-19,21,26,28,33H,4,8,16,20,22-23H2,1-2H3,(H,41,46)(H,42,47)(H,43,48)/b13-7-/t26?,28-,33+,39-/m1/s1. The number of hydrogen-bond donors (Lipinski definition) is 3. The number of nitrogens with zero attached hydrogens (tertiary/aromatic N) is 2. The predicted molar refractivity (Wildman–Crippen MR) is 196 cm³/mol. The van der Waals surface area contributed by atoms with Gasteiger partial charge in [-0.1, -0.05) is 54.6 Å². The number of nitrogens with one attached hydrogen (secondary N) is 3. The van der Waals surface area contributed by atoms with Crippen molar-refractivity contribution in [3.05, 3.63) is 91.0 Å². The van der Waals surface area contributed by atoms with Crippen LogP contribution in [0.15, 0.2) is 95.9 Å². The van der Waals surface area contributed by atoms with Gasteiger partial charge in [-0.2, -0.15) is 0 Å². The van der Waals surface area contributed by atoms with Crippen molar-refractivity contribution in [2.24, 2.45) is 5.92 Å². The molecular weight excluding hydrogens is 699 g/mol. The van der Waals surface area contributed by atoms with Crippen LogP contribution in [0.2, 0.25) is 0 Å². The largest absolute Gasteiger partial charge is 0.497 e. The highest BCUT2D eigenvalue weighted by atomic mass is 32.2. The molecule has 0 bridgehead atoms. The molecule has 2 fully saturated rings. The molecule has 53 heavy (non-hydrogen) atoms. The first-order chi connectivity index (χ1) is 25.5. The summed E-state index contributed by atoms with van der Waals surface area (Å²) < 4.78 is 41.2. The van der Waals surface area contributed by atoms with Gasteiger partial charge < -0.3 is 25.0 Å². The van der Waals surface area contributed by atoms with Crippen LogP contribution < -0.4 is 24.8 Å². The average molecular weight is 738 g/mol. The van der Waals surface area contributed by atoms with Gasteiger partial charge >= 0.3 is 0 Å². The summed E-state index contributed by atoms with van der Waals surface area (Å²) in [5.41, 5.74) is 0.656. The average Bonchev–Trinajstić information content (AvgIpc) is 3.67. The Kier molecular flexibility index (Phi) is 9.64. The normalized spacial score (nSPS) is 24.4. The molecule has 13 nitrogen and oxygen atoms in total. The first-order valence-corrected chi connectivity index (χ1v) is 18.9. The third kappa shape index (κ3) is 7.31. The fourth-order valence-corrected chi connectivity index (χ4v) is 8.23. The zero-order valence-corrected chi connectivity index (χ0v) is 30.0. The molecular formula is C39H39N5O8S. The number of benzene rings is 3. The second-order valence-corrected chi connectivity index (χ2v) is 15.1. The van der Waals surface area contributed by atoms with E-state index in [0.29, 0.717) is 35.6 Å². The number of carbonyl (C=O) groups excluding carboxylic acids is 4. The zero-order valence-electron chi connectivity index (χ0n) is 29.2. The number of allylic oxidation sites excluding steroid dienone is 1. The van der Waals surface area contributed by atoms with Crippen LogP contribution in [0.25, 0.3) is 22.2 Å². The lowest BCUT2D eigenvalue weighted by Crippen LogP contribution is -2.56. The molecule has 3 aromatic carbocycles. The number of ether oxygens (including phenoxy) is 2. The van der Waals surface area contributed by atoms with Crippen LogP contribution in [0.5, 0.6) is 11.5 Å². The molecule has 1 aliphatic carbocycles. The fourth-order valence-electron chi connectivity index (χ4n) is 7.03. The minimum atomic E-state index is -4.46. The van der Waals surface area contributed by atoms with Crippen molar-refractivity contribution in [2.75, 3.05) is 19.0 Å². The summed E-state index contributed by atoms with van der Waals surface area (Å²) in [7, 11) is -2.89. The summed E-state index contributed by atoms with van der Waals surface area (Å²) >= 11 is 0. The SMILES string of the molecule is COc1ccc2c(O[C@@H]3C[C@@H](C(=O)N[C@]45CC4/C=C\CCCC(=O)Nc4ccccc4S(=O)(=O)NC5=O)N(C(C)=O)C3)cc(-c3ccccc3)nc2c1. The van der Waals surface area contributed by atoms with Crippen molar-refractivity contribution in [3.63, 3.8) is 0 Å². The lowest BCUT2D eigenvalue weighted by Gasteiger charge is -2.25. The van der Waals surface area contributed by atoms with E-state index in [-0.39, 0.29) is 48.2 Å². The van der Waals surface area contributed by atoms with Gasteiger partial charge in [0.05, 0.1) is 30.6 Å². The maximum absolute atomic E-state index is 14.1. The van der Waals surface area contributed by atoms with Gasteiger partial charge in [0.2, 0.25) is 17.7 Å². The summed E-state index contributed by atoms with van der Waals surface area (Å²) in [4.78, 5) is 59.4. The molecule has 1 unspecified atom stereocenters. The van der Waals surface area contributed by atoms with Gasteiger partial charge in [0.25, 0.3) is 15.9 Å². The molecule has 2 aliphatic heterocycles. The van der Waals surface area contributed by atoms with Crippen molar-refractivity contribution < 1.29 is 37.1 Å². The summed E-state index contributed by atoms with van der Waals surface area (Å²) in [5, 5.41) is 6.19. The number of sulfonamides is 1. The quantitative estimate of drug-likeness (QED) is 0.244. The third-order valence-corrected chi connectivity index (χ3v) is 11.3. The third-order valence-electron chi connectivity index (χ3n) is 9.90. The van der Waals surface area contributed by atoms with Gasteiger partial charge in [-0.15, -0.1) is 0 Å². The van der Waals surface area contributed by atoms with Crippen molar-refractivity contribution in [1.82, 2.24) is 19.9 Å². The van der Waals surface area contributed by atoms with E-state index in [1.54, 1.807) is 25.3 Å².